The highest BCUT2D eigenvalue weighted by Crippen LogP contribution is 2.18. The first kappa shape index (κ1) is 13.2. The monoisotopic (exact) mass is 232 g/mol. The van der Waals surface area contributed by atoms with E-state index in [9.17, 15) is 4.79 Å². The van der Waals surface area contributed by atoms with Crippen molar-refractivity contribution in [3.05, 3.63) is 34.4 Å². The second-order valence-corrected chi connectivity index (χ2v) is 3.71. The first-order chi connectivity index (χ1) is 8.15. The fourth-order valence-corrected chi connectivity index (χ4v) is 1.72. The van der Waals surface area contributed by atoms with Crippen molar-refractivity contribution in [2.24, 2.45) is 5.73 Å². The molecule has 4 heteroatoms. The van der Waals surface area contributed by atoms with Crippen molar-refractivity contribution in [3.8, 4) is 6.07 Å². The first-order valence-electron chi connectivity index (χ1n) is 5.47. The van der Waals surface area contributed by atoms with Crippen LogP contribution in [0, 0.1) is 11.3 Å². The van der Waals surface area contributed by atoms with Crippen LogP contribution in [0.4, 0.5) is 0 Å². The molecule has 0 fully saturated rings. The van der Waals surface area contributed by atoms with Gasteiger partial charge in [-0.15, -0.1) is 0 Å². The number of esters is 1. The van der Waals surface area contributed by atoms with E-state index in [-0.39, 0.29) is 12.4 Å². The summed E-state index contributed by atoms with van der Waals surface area (Å²) < 4.78 is 4.62. The predicted octanol–water partition coefficient (Wildman–Crippen LogP) is 1.29. The molecule has 0 unspecified atom stereocenters. The average Bonchev–Trinajstić information content (AvgIpc) is 2.37. The number of ether oxygens (including phenoxy) is 1. The Hall–Kier alpha value is -1.86. The molecule has 0 aliphatic carbocycles. The number of nitrogens with two attached hydrogens (primary N) is 1. The van der Waals surface area contributed by atoms with Gasteiger partial charge < -0.3 is 10.5 Å². The largest absolute Gasteiger partial charge is 0.469 e. The lowest BCUT2D eigenvalue weighted by molar-refractivity contribution is -0.139. The fourth-order valence-electron chi connectivity index (χ4n) is 1.72. The van der Waals surface area contributed by atoms with Crippen molar-refractivity contribution >= 4 is 5.97 Å². The lowest BCUT2D eigenvalue weighted by Gasteiger charge is -2.10. The molecule has 1 rings (SSSR count). The Kier molecular flexibility index (Phi) is 4.68. The summed E-state index contributed by atoms with van der Waals surface area (Å²) in [7, 11) is 1.34. The predicted molar refractivity (Wildman–Crippen MR) is 64.1 cm³/mol. The minimum absolute atomic E-state index is 0.111. The van der Waals surface area contributed by atoms with E-state index in [1.807, 2.05) is 19.1 Å². The van der Waals surface area contributed by atoms with Crippen LogP contribution in [0.3, 0.4) is 0 Å². The van der Waals surface area contributed by atoms with Crippen LogP contribution in [-0.4, -0.2) is 13.1 Å². The summed E-state index contributed by atoms with van der Waals surface area (Å²) in [5.74, 6) is -0.349. The van der Waals surface area contributed by atoms with Gasteiger partial charge in [0.25, 0.3) is 0 Å². The van der Waals surface area contributed by atoms with Crippen molar-refractivity contribution in [2.75, 3.05) is 7.11 Å². The third kappa shape index (κ3) is 3.05. The van der Waals surface area contributed by atoms with E-state index in [0.29, 0.717) is 17.7 Å². The molecule has 2 N–H and O–H groups in total. The Balaban J connectivity index is 3.25. The molecular formula is C13H16N2O2. The molecule has 90 valence electrons. The SMILES string of the molecule is CCc1cc(CN)c(C#N)c(CC(=O)OC)c1. The van der Waals surface area contributed by atoms with Crippen LogP contribution < -0.4 is 5.73 Å². The van der Waals surface area contributed by atoms with Gasteiger partial charge in [0.05, 0.1) is 25.2 Å². The van der Waals surface area contributed by atoms with Crippen molar-refractivity contribution in [2.45, 2.75) is 26.3 Å². The number of carbonyl (C=O) groups is 1. The highest BCUT2D eigenvalue weighted by atomic mass is 16.5. The Labute approximate surface area is 101 Å². The third-order valence-corrected chi connectivity index (χ3v) is 2.66. The van der Waals surface area contributed by atoms with Gasteiger partial charge in [-0.3, -0.25) is 4.79 Å². The van der Waals surface area contributed by atoms with Crippen LogP contribution in [0.5, 0.6) is 0 Å². The standard InChI is InChI=1S/C13H16N2O2/c1-3-9-4-10(6-13(16)17-2)12(8-15)11(5-9)7-14/h4-5H,3,6-7,14H2,1-2H3. The summed E-state index contributed by atoms with van der Waals surface area (Å²) in [6, 6.07) is 5.89. The van der Waals surface area contributed by atoms with Crippen LogP contribution in [0.15, 0.2) is 12.1 Å². The molecule has 0 amide bonds. The lowest BCUT2D eigenvalue weighted by atomic mass is 9.95. The fraction of sp³-hybridized carbons (Fsp3) is 0.385. The molecular weight excluding hydrogens is 216 g/mol. The Bertz CT molecular complexity index is 461. The molecule has 4 nitrogen and oxygen atoms in total. The van der Waals surface area contributed by atoms with E-state index in [0.717, 1.165) is 17.5 Å². The number of carbonyl (C=O) groups excluding carboxylic acids is 1. The summed E-state index contributed by atoms with van der Waals surface area (Å²) in [5.41, 5.74) is 8.66. The van der Waals surface area contributed by atoms with Gasteiger partial charge in [0, 0.05) is 6.54 Å². The highest BCUT2D eigenvalue weighted by molar-refractivity contribution is 5.74. The number of benzene rings is 1. The van der Waals surface area contributed by atoms with Gasteiger partial charge >= 0.3 is 5.97 Å². The van der Waals surface area contributed by atoms with E-state index in [4.69, 9.17) is 11.0 Å². The maximum Gasteiger partial charge on any atom is 0.310 e. The maximum absolute atomic E-state index is 11.3. The zero-order valence-corrected chi connectivity index (χ0v) is 10.1. The Morgan fingerprint density at radius 1 is 1.47 bits per heavy atom. The van der Waals surface area contributed by atoms with E-state index in [1.165, 1.54) is 7.11 Å². The van der Waals surface area contributed by atoms with E-state index < -0.39 is 0 Å². The molecule has 0 saturated heterocycles. The van der Waals surface area contributed by atoms with Gasteiger partial charge in [-0.2, -0.15) is 5.26 Å². The lowest BCUT2D eigenvalue weighted by Crippen LogP contribution is -2.10. The van der Waals surface area contributed by atoms with E-state index in [1.54, 1.807) is 0 Å². The van der Waals surface area contributed by atoms with Crippen molar-refractivity contribution in [1.82, 2.24) is 0 Å². The van der Waals surface area contributed by atoms with Gasteiger partial charge in [0.1, 0.15) is 0 Å². The van der Waals surface area contributed by atoms with Gasteiger partial charge in [-0.1, -0.05) is 19.1 Å². The zero-order chi connectivity index (χ0) is 12.8. The van der Waals surface area contributed by atoms with Gasteiger partial charge in [-0.05, 0) is 23.1 Å². The van der Waals surface area contributed by atoms with Crippen LogP contribution in [0.25, 0.3) is 0 Å². The number of nitriles is 1. The van der Waals surface area contributed by atoms with Gasteiger partial charge in [0.15, 0.2) is 0 Å². The van der Waals surface area contributed by atoms with Crippen molar-refractivity contribution in [3.63, 3.8) is 0 Å². The molecule has 0 atom stereocenters. The second-order valence-electron chi connectivity index (χ2n) is 3.71. The van der Waals surface area contributed by atoms with Crippen LogP contribution >= 0.6 is 0 Å². The topological polar surface area (TPSA) is 76.1 Å². The molecule has 1 aromatic rings. The summed E-state index contributed by atoms with van der Waals surface area (Å²) in [6.45, 7) is 2.31. The summed E-state index contributed by atoms with van der Waals surface area (Å²) in [5, 5.41) is 9.12. The number of methoxy groups -OCH3 is 1. The number of rotatable bonds is 4. The van der Waals surface area contributed by atoms with Gasteiger partial charge in [-0.25, -0.2) is 0 Å². The van der Waals surface area contributed by atoms with Crippen molar-refractivity contribution in [1.29, 1.82) is 5.26 Å². The highest BCUT2D eigenvalue weighted by Gasteiger charge is 2.12. The molecule has 17 heavy (non-hydrogen) atoms. The minimum Gasteiger partial charge on any atom is -0.469 e. The van der Waals surface area contributed by atoms with Crippen LogP contribution in [0.1, 0.15) is 29.2 Å². The number of nitrogens with zero attached hydrogens (tertiary/aromatic N) is 1. The normalized spacial score (nSPS) is 9.76. The smallest absolute Gasteiger partial charge is 0.310 e. The van der Waals surface area contributed by atoms with E-state index in [2.05, 4.69) is 10.8 Å². The quantitative estimate of drug-likeness (QED) is 0.794. The molecule has 0 aliphatic heterocycles. The van der Waals surface area contributed by atoms with Crippen LogP contribution in [0.2, 0.25) is 0 Å². The van der Waals surface area contributed by atoms with E-state index >= 15 is 0 Å². The summed E-state index contributed by atoms with van der Waals surface area (Å²) in [6.07, 6.45) is 0.952. The Morgan fingerprint density at radius 3 is 2.59 bits per heavy atom. The number of hydrogen-bond donors (Lipinski definition) is 1. The molecule has 0 aromatic heterocycles. The molecule has 0 saturated carbocycles. The first-order valence-corrected chi connectivity index (χ1v) is 5.47. The van der Waals surface area contributed by atoms with Gasteiger partial charge in [0.2, 0.25) is 0 Å². The summed E-state index contributed by atoms with van der Waals surface area (Å²) >= 11 is 0. The average molecular weight is 232 g/mol. The maximum atomic E-state index is 11.3. The van der Waals surface area contributed by atoms with Crippen LogP contribution in [-0.2, 0) is 28.9 Å². The molecule has 0 aliphatic rings. The second kappa shape index (κ2) is 6.02. The zero-order valence-electron chi connectivity index (χ0n) is 10.1. The molecule has 0 spiro atoms. The third-order valence-electron chi connectivity index (χ3n) is 2.66. The number of aryl methyl sites for hydroxylation is 1. The Morgan fingerprint density at radius 2 is 2.12 bits per heavy atom. The molecule has 1 aromatic carbocycles. The molecule has 0 radical (unpaired) electrons. The minimum atomic E-state index is -0.349. The van der Waals surface area contributed by atoms with Crippen molar-refractivity contribution < 1.29 is 9.53 Å². The summed E-state index contributed by atoms with van der Waals surface area (Å²) in [4.78, 5) is 11.3. The molecule has 0 heterocycles. The number of hydrogen-bond acceptors (Lipinski definition) is 4. The molecule has 0 bridgehead atoms.